The normalized spacial score (nSPS) is 10.5. The first-order valence-electron chi connectivity index (χ1n) is 1.34. The second-order valence-corrected chi connectivity index (χ2v) is 2.60. The lowest BCUT2D eigenvalue weighted by Gasteiger charge is -1.82. The quantitative estimate of drug-likeness (QED) is 0.429. The minimum atomic E-state index is -0.482. The molecule has 6 heavy (non-hydrogen) atoms. The molecule has 0 aromatic carbocycles. The minimum Gasteiger partial charge on any atom is -0.275 e. The fourth-order valence-corrected chi connectivity index (χ4v) is 0.507. The van der Waals surface area contributed by atoms with Gasteiger partial charge in [0.25, 0.3) is 0 Å². The number of rotatable bonds is 2. The van der Waals surface area contributed by atoms with Gasteiger partial charge in [0, 0.05) is 0 Å². The van der Waals surface area contributed by atoms with E-state index >= 15 is 0 Å². The molecule has 0 unspecified atom stereocenters. The van der Waals surface area contributed by atoms with Gasteiger partial charge >= 0.3 is 0 Å². The smallest absolute Gasteiger partial charge is 0.158 e. The average Bonchev–Trinajstić information content (AvgIpc) is 1.35. The number of halogens is 2. The Morgan fingerprint density at radius 2 is 2.17 bits per heavy atom. The first kappa shape index (κ1) is 6.68. The standard InChI is InChI=1S/C2H3Cl2OP/c3-2(4)1-6-5/h2H,1H2. The average molecular weight is 145 g/mol. The van der Waals surface area contributed by atoms with Crippen LogP contribution in [0.1, 0.15) is 0 Å². The van der Waals surface area contributed by atoms with Gasteiger partial charge < -0.3 is 0 Å². The second kappa shape index (κ2) is 3.86. The molecule has 0 saturated carbocycles. The maximum absolute atomic E-state index is 9.54. The van der Waals surface area contributed by atoms with Crippen LogP contribution in [-0.4, -0.2) is 11.0 Å². The van der Waals surface area contributed by atoms with Crippen LogP contribution >= 0.6 is 31.7 Å². The van der Waals surface area contributed by atoms with Crippen molar-refractivity contribution < 1.29 is 4.57 Å². The molecule has 0 atom stereocenters. The second-order valence-electron chi connectivity index (χ2n) is 0.703. The van der Waals surface area contributed by atoms with E-state index in [2.05, 4.69) is 0 Å². The fraction of sp³-hybridized carbons (Fsp3) is 1.00. The zero-order valence-electron chi connectivity index (χ0n) is 2.90. The first-order chi connectivity index (χ1) is 2.77. The maximum Gasteiger partial charge on any atom is 0.158 e. The molecule has 0 aliphatic heterocycles. The lowest BCUT2D eigenvalue weighted by Crippen LogP contribution is -1.83. The Hall–Kier alpha value is 0.680. The summed E-state index contributed by atoms with van der Waals surface area (Å²) in [6.07, 6.45) is 0.323. The molecule has 0 fully saturated rings. The molecular formula is C2H3Cl2OP. The summed E-state index contributed by atoms with van der Waals surface area (Å²) in [7, 11) is 0.0100. The largest absolute Gasteiger partial charge is 0.275 e. The SMILES string of the molecule is O=PCC(Cl)Cl. The molecule has 0 aromatic rings. The Bertz CT molecular complexity index is 46.8. The molecule has 0 N–H and O–H groups in total. The van der Waals surface area contributed by atoms with Crippen molar-refractivity contribution in [1.29, 1.82) is 0 Å². The van der Waals surface area contributed by atoms with E-state index in [1.54, 1.807) is 0 Å². The van der Waals surface area contributed by atoms with Gasteiger partial charge in [-0.1, -0.05) is 0 Å². The van der Waals surface area contributed by atoms with E-state index in [0.717, 1.165) is 0 Å². The van der Waals surface area contributed by atoms with Crippen LogP contribution in [-0.2, 0) is 4.57 Å². The third-order valence-corrected chi connectivity index (χ3v) is 1.47. The zero-order chi connectivity index (χ0) is 4.99. The van der Waals surface area contributed by atoms with Crippen molar-refractivity contribution in [2.24, 2.45) is 0 Å². The van der Waals surface area contributed by atoms with Crippen molar-refractivity contribution in [2.75, 3.05) is 6.16 Å². The van der Waals surface area contributed by atoms with Gasteiger partial charge in [0.15, 0.2) is 8.46 Å². The third kappa shape index (κ3) is 4.68. The summed E-state index contributed by atoms with van der Waals surface area (Å²) < 4.78 is 9.54. The highest BCUT2D eigenvalue weighted by Gasteiger charge is 1.93. The molecule has 0 aliphatic rings. The monoisotopic (exact) mass is 144 g/mol. The number of hydrogen-bond donors (Lipinski definition) is 0. The molecule has 0 heterocycles. The molecule has 1 nitrogen and oxygen atoms in total. The van der Waals surface area contributed by atoms with E-state index in [1.165, 1.54) is 0 Å². The lowest BCUT2D eigenvalue weighted by atomic mass is 10.9. The van der Waals surface area contributed by atoms with Gasteiger partial charge in [-0.25, -0.2) is 0 Å². The van der Waals surface area contributed by atoms with Gasteiger partial charge in [0.2, 0.25) is 0 Å². The van der Waals surface area contributed by atoms with Crippen molar-refractivity contribution in [2.45, 2.75) is 4.84 Å². The molecule has 0 rings (SSSR count). The van der Waals surface area contributed by atoms with Gasteiger partial charge in [-0.3, -0.25) is 4.57 Å². The highest BCUT2D eigenvalue weighted by molar-refractivity contribution is 7.24. The van der Waals surface area contributed by atoms with E-state index in [9.17, 15) is 4.57 Å². The van der Waals surface area contributed by atoms with Crippen LogP contribution in [0.3, 0.4) is 0 Å². The maximum atomic E-state index is 9.54. The molecule has 0 aliphatic carbocycles. The van der Waals surface area contributed by atoms with Crippen molar-refractivity contribution in [1.82, 2.24) is 0 Å². The molecule has 0 amide bonds. The topological polar surface area (TPSA) is 17.1 Å². The molecular weight excluding hydrogens is 142 g/mol. The van der Waals surface area contributed by atoms with Crippen molar-refractivity contribution in [3.05, 3.63) is 0 Å². The summed E-state index contributed by atoms with van der Waals surface area (Å²) in [4.78, 5) is -0.482. The third-order valence-electron chi connectivity index (χ3n) is 0.213. The Balaban J connectivity index is 2.81. The number of hydrogen-bond acceptors (Lipinski definition) is 1. The van der Waals surface area contributed by atoms with Gasteiger partial charge in [-0.2, -0.15) is 0 Å². The lowest BCUT2D eigenvalue weighted by molar-refractivity contribution is 0.599. The van der Waals surface area contributed by atoms with E-state index < -0.39 is 4.84 Å². The zero-order valence-corrected chi connectivity index (χ0v) is 5.30. The van der Waals surface area contributed by atoms with Crippen molar-refractivity contribution >= 4 is 31.7 Å². The Kier molecular flexibility index (Phi) is 4.29. The predicted octanol–water partition coefficient (Wildman–Crippen LogP) is 2.08. The Labute approximate surface area is 47.8 Å². The van der Waals surface area contributed by atoms with Crippen molar-refractivity contribution in [3.8, 4) is 0 Å². The summed E-state index contributed by atoms with van der Waals surface area (Å²) in [5.74, 6) is 0. The summed E-state index contributed by atoms with van der Waals surface area (Å²) in [5.41, 5.74) is 0. The Morgan fingerprint density at radius 1 is 1.67 bits per heavy atom. The summed E-state index contributed by atoms with van der Waals surface area (Å²) in [6, 6.07) is 0. The van der Waals surface area contributed by atoms with E-state index in [4.69, 9.17) is 23.2 Å². The number of alkyl halides is 2. The van der Waals surface area contributed by atoms with Crippen LogP contribution in [0, 0.1) is 0 Å². The molecule has 0 saturated heterocycles. The van der Waals surface area contributed by atoms with Crippen LogP contribution in [0.5, 0.6) is 0 Å². The summed E-state index contributed by atoms with van der Waals surface area (Å²) >= 11 is 10.3. The van der Waals surface area contributed by atoms with Crippen molar-refractivity contribution in [3.63, 3.8) is 0 Å². The van der Waals surface area contributed by atoms with Crippen LogP contribution in [0.2, 0.25) is 0 Å². The van der Waals surface area contributed by atoms with E-state index in [0.29, 0.717) is 6.16 Å². The highest BCUT2D eigenvalue weighted by Crippen LogP contribution is 2.06. The van der Waals surface area contributed by atoms with E-state index in [1.807, 2.05) is 0 Å². The molecule has 36 valence electrons. The minimum absolute atomic E-state index is 0.0100. The predicted molar refractivity (Wildman–Crippen MR) is 28.0 cm³/mol. The molecule has 4 heteroatoms. The van der Waals surface area contributed by atoms with Crippen LogP contribution in [0.25, 0.3) is 0 Å². The molecule has 0 bridgehead atoms. The molecule has 0 aromatic heterocycles. The van der Waals surface area contributed by atoms with Crippen LogP contribution in [0.15, 0.2) is 0 Å². The van der Waals surface area contributed by atoms with Gasteiger partial charge in [-0.05, 0) is 0 Å². The summed E-state index contributed by atoms with van der Waals surface area (Å²) in [5, 5.41) is 0. The van der Waals surface area contributed by atoms with Gasteiger partial charge in [0.05, 0.1) is 6.16 Å². The fourth-order valence-electron chi connectivity index (χ4n) is 0.0563. The van der Waals surface area contributed by atoms with Crippen LogP contribution in [0.4, 0.5) is 0 Å². The summed E-state index contributed by atoms with van der Waals surface area (Å²) in [6.45, 7) is 0. The first-order valence-corrected chi connectivity index (χ1v) is 3.21. The highest BCUT2D eigenvalue weighted by atomic mass is 35.5. The molecule has 0 spiro atoms. The molecule has 0 radical (unpaired) electrons. The van der Waals surface area contributed by atoms with Crippen LogP contribution < -0.4 is 0 Å². The van der Waals surface area contributed by atoms with E-state index in [-0.39, 0.29) is 8.46 Å². The Morgan fingerprint density at radius 3 is 2.17 bits per heavy atom. The van der Waals surface area contributed by atoms with Gasteiger partial charge in [0.1, 0.15) is 4.84 Å². The van der Waals surface area contributed by atoms with Gasteiger partial charge in [-0.15, -0.1) is 23.2 Å².